The molecule has 2 aromatic rings. The minimum absolute atomic E-state index is 0.398. The number of carbonyl (C=O) groups excluding carboxylic acids is 1. The highest BCUT2D eigenvalue weighted by atomic mass is 32.2. The van der Waals surface area contributed by atoms with Crippen molar-refractivity contribution in [1.29, 1.82) is 0 Å². The van der Waals surface area contributed by atoms with E-state index in [9.17, 15) is 22.7 Å². The molecule has 0 saturated carbocycles. The van der Waals surface area contributed by atoms with Crippen LogP contribution >= 0.6 is 0 Å². The summed E-state index contributed by atoms with van der Waals surface area (Å²) >= 11 is 0. The van der Waals surface area contributed by atoms with Crippen LogP contribution in [0.5, 0.6) is 5.75 Å². The quantitative estimate of drug-likeness (QED) is 0.822. The predicted octanol–water partition coefficient (Wildman–Crippen LogP) is 0.912. The molecule has 132 valence electrons. The second-order valence-electron chi connectivity index (χ2n) is 6.03. The first-order valence-corrected chi connectivity index (χ1v) is 9.21. The summed E-state index contributed by atoms with van der Waals surface area (Å²) in [5, 5.41) is 10.2. The summed E-state index contributed by atoms with van der Waals surface area (Å²) in [7, 11) is -4.20. The van der Waals surface area contributed by atoms with E-state index in [1.54, 1.807) is 10.9 Å². The van der Waals surface area contributed by atoms with Crippen LogP contribution in [0, 0.1) is 5.82 Å². The molecule has 0 atom stereocenters. The first-order chi connectivity index (χ1) is 11.9. The third-order valence-corrected chi connectivity index (χ3v) is 5.76. The smallest absolute Gasteiger partial charge is 0.326 e. The monoisotopic (exact) mass is 366 g/mol. The summed E-state index contributed by atoms with van der Waals surface area (Å²) in [6.45, 7) is 0.183. The Bertz CT molecular complexity index is 962. The zero-order chi connectivity index (χ0) is 17.8. The van der Waals surface area contributed by atoms with Crippen molar-refractivity contribution in [3.05, 3.63) is 30.0 Å². The van der Waals surface area contributed by atoms with Gasteiger partial charge in [-0.15, -0.1) is 0 Å². The summed E-state index contributed by atoms with van der Waals surface area (Å²) in [4.78, 5) is 15.7. The average Bonchev–Trinajstić information content (AvgIpc) is 3.07. The van der Waals surface area contributed by atoms with E-state index in [0.29, 0.717) is 15.6 Å². The van der Waals surface area contributed by atoms with Gasteiger partial charge in [0.2, 0.25) is 0 Å². The number of aromatic hydroxyl groups is 1. The molecule has 1 aromatic carbocycles. The summed E-state index contributed by atoms with van der Waals surface area (Å²) in [6.07, 6.45) is 4.49. The normalized spacial score (nSPS) is 18.9. The van der Waals surface area contributed by atoms with Gasteiger partial charge in [0.1, 0.15) is 23.8 Å². The molecule has 8 nitrogen and oxygen atoms in total. The van der Waals surface area contributed by atoms with Crippen molar-refractivity contribution in [3.8, 4) is 17.0 Å². The standard InChI is InChI=1S/C15H15FN4O4S/c16-10-5-9(11-7-17-13-3-1-2-4-19(11)13)6-12(21)15(10)20-8-14(22)18-25(20,23)24/h5-7,21H,1-4,8H2,(H,18,22). The van der Waals surface area contributed by atoms with Crippen LogP contribution in [0.25, 0.3) is 11.3 Å². The number of nitrogens with one attached hydrogen (secondary N) is 1. The highest BCUT2D eigenvalue weighted by Crippen LogP contribution is 2.38. The molecule has 1 fully saturated rings. The van der Waals surface area contributed by atoms with Crippen LogP contribution in [-0.2, 0) is 28.0 Å². The van der Waals surface area contributed by atoms with Gasteiger partial charge in [0.25, 0.3) is 5.91 Å². The number of phenols is 1. The average molecular weight is 366 g/mol. The summed E-state index contributed by atoms with van der Waals surface area (Å²) in [6, 6.07) is 2.43. The number of anilines is 1. The number of imidazole rings is 1. The fourth-order valence-corrected chi connectivity index (χ4v) is 4.44. The SMILES string of the molecule is O=C1CN(c2c(O)cc(-c3cnc4n3CCCC4)cc2F)S(=O)(=O)N1. The van der Waals surface area contributed by atoms with E-state index >= 15 is 0 Å². The highest BCUT2D eigenvalue weighted by Gasteiger charge is 2.37. The number of fused-ring (bicyclic) bond motifs is 1. The molecular weight excluding hydrogens is 351 g/mol. The van der Waals surface area contributed by atoms with Gasteiger partial charge < -0.3 is 9.67 Å². The third-order valence-electron chi connectivity index (χ3n) is 4.38. The van der Waals surface area contributed by atoms with Crippen molar-refractivity contribution in [2.75, 3.05) is 10.8 Å². The van der Waals surface area contributed by atoms with Crippen LogP contribution in [0.2, 0.25) is 0 Å². The van der Waals surface area contributed by atoms with Gasteiger partial charge in [0.15, 0.2) is 5.82 Å². The van der Waals surface area contributed by atoms with Gasteiger partial charge in [-0.2, -0.15) is 8.42 Å². The molecule has 25 heavy (non-hydrogen) atoms. The van der Waals surface area contributed by atoms with E-state index in [0.717, 1.165) is 37.7 Å². The Labute approximate surface area is 143 Å². The van der Waals surface area contributed by atoms with Gasteiger partial charge in [-0.3, -0.25) is 4.79 Å². The van der Waals surface area contributed by atoms with Crippen LogP contribution in [-0.4, -0.2) is 35.5 Å². The molecule has 0 spiro atoms. The van der Waals surface area contributed by atoms with E-state index in [1.807, 2.05) is 4.57 Å². The van der Waals surface area contributed by atoms with Gasteiger partial charge in [0.05, 0.1) is 11.9 Å². The number of aryl methyl sites for hydroxylation is 1. The van der Waals surface area contributed by atoms with Gasteiger partial charge in [0, 0.05) is 18.5 Å². The third kappa shape index (κ3) is 2.53. The fraction of sp³-hybridized carbons (Fsp3) is 0.333. The van der Waals surface area contributed by atoms with Gasteiger partial charge >= 0.3 is 10.2 Å². The molecule has 2 aliphatic heterocycles. The van der Waals surface area contributed by atoms with Crippen molar-refractivity contribution in [2.24, 2.45) is 0 Å². The Kier molecular flexibility index (Phi) is 3.46. The van der Waals surface area contributed by atoms with Crippen LogP contribution < -0.4 is 9.03 Å². The molecule has 4 rings (SSSR count). The van der Waals surface area contributed by atoms with Gasteiger partial charge in [-0.05, 0) is 25.0 Å². The van der Waals surface area contributed by atoms with E-state index in [4.69, 9.17) is 0 Å². The number of phenolic OH excluding ortho intramolecular Hbond substituents is 1. The number of hydrogen-bond acceptors (Lipinski definition) is 5. The highest BCUT2D eigenvalue weighted by molar-refractivity contribution is 7.92. The molecule has 2 aliphatic rings. The topological polar surface area (TPSA) is 105 Å². The van der Waals surface area contributed by atoms with Gasteiger partial charge in [-0.25, -0.2) is 18.4 Å². The molecule has 1 saturated heterocycles. The van der Waals surface area contributed by atoms with E-state index in [-0.39, 0.29) is 0 Å². The Morgan fingerprint density at radius 3 is 2.76 bits per heavy atom. The summed E-state index contributed by atoms with van der Waals surface area (Å²) < 4.78 is 42.6. The number of halogens is 1. The van der Waals surface area contributed by atoms with E-state index in [1.165, 1.54) is 6.07 Å². The second-order valence-corrected chi connectivity index (χ2v) is 7.63. The van der Waals surface area contributed by atoms with Crippen LogP contribution in [0.4, 0.5) is 10.1 Å². The van der Waals surface area contributed by atoms with Gasteiger partial charge in [-0.1, -0.05) is 0 Å². The Hall–Kier alpha value is -2.62. The zero-order valence-corrected chi connectivity index (χ0v) is 13.9. The fourth-order valence-electron chi connectivity index (χ4n) is 3.27. The number of benzene rings is 1. The van der Waals surface area contributed by atoms with Crippen molar-refractivity contribution in [2.45, 2.75) is 25.8 Å². The van der Waals surface area contributed by atoms with E-state index in [2.05, 4.69) is 4.98 Å². The van der Waals surface area contributed by atoms with Crippen LogP contribution in [0.3, 0.4) is 0 Å². The van der Waals surface area contributed by atoms with Crippen LogP contribution in [0.15, 0.2) is 18.3 Å². The molecular formula is C15H15FN4O4S. The maximum atomic E-state index is 14.6. The lowest BCUT2D eigenvalue weighted by Crippen LogP contribution is -2.30. The number of hydrogen-bond donors (Lipinski definition) is 2. The molecule has 10 heteroatoms. The molecule has 2 N–H and O–H groups in total. The zero-order valence-electron chi connectivity index (χ0n) is 13.1. The minimum Gasteiger partial charge on any atom is -0.506 e. The molecule has 1 aromatic heterocycles. The summed E-state index contributed by atoms with van der Waals surface area (Å²) in [5.41, 5.74) is 0.518. The lowest BCUT2D eigenvalue weighted by molar-refractivity contribution is -0.117. The molecule has 0 aliphatic carbocycles. The molecule has 3 heterocycles. The maximum absolute atomic E-state index is 14.6. The lowest BCUT2D eigenvalue weighted by atomic mass is 10.1. The Morgan fingerprint density at radius 2 is 2.08 bits per heavy atom. The van der Waals surface area contributed by atoms with E-state index < -0.39 is 39.9 Å². The molecule has 0 radical (unpaired) electrons. The number of nitrogens with zero attached hydrogens (tertiary/aromatic N) is 3. The predicted molar refractivity (Wildman–Crippen MR) is 86.6 cm³/mol. The van der Waals surface area contributed by atoms with Crippen molar-refractivity contribution in [1.82, 2.24) is 14.3 Å². The maximum Gasteiger partial charge on any atom is 0.326 e. The summed E-state index contributed by atoms with van der Waals surface area (Å²) in [5.74, 6) is -1.36. The largest absolute Gasteiger partial charge is 0.506 e. The first-order valence-electron chi connectivity index (χ1n) is 7.77. The Balaban J connectivity index is 1.80. The van der Waals surface area contributed by atoms with Crippen LogP contribution in [0.1, 0.15) is 18.7 Å². The van der Waals surface area contributed by atoms with Crippen molar-refractivity contribution >= 4 is 21.8 Å². The first kappa shape index (κ1) is 15.9. The number of amides is 1. The van der Waals surface area contributed by atoms with Crippen molar-refractivity contribution < 1.29 is 22.7 Å². The second kappa shape index (κ2) is 5.45. The minimum atomic E-state index is -4.20. The molecule has 0 unspecified atom stereocenters. The number of rotatable bonds is 2. The Morgan fingerprint density at radius 1 is 1.28 bits per heavy atom. The lowest BCUT2D eigenvalue weighted by Gasteiger charge is -2.19. The number of carbonyl (C=O) groups is 1. The molecule has 0 bridgehead atoms. The number of aromatic nitrogens is 2. The van der Waals surface area contributed by atoms with Crippen molar-refractivity contribution in [3.63, 3.8) is 0 Å². The molecule has 1 amide bonds.